The molecule has 0 heterocycles. The topological polar surface area (TPSA) is 220 Å². The van der Waals surface area contributed by atoms with E-state index in [4.69, 9.17) is 12.2 Å². The molecule has 14 heteroatoms. The van der Waals surface area contributed by atoms with E-state index in [1.807, 2.05) is 0 Å². The van der Waals surface area contributed by atoms with Gasteiger partial charge in [0, 0.05) is 11.5 Å². The van der Waals surface area contributed by atoms with E-state index in [0.717, 1.165) is 6.26 Å². The van der Waals surface area contributed by atoms with E-state index in [9.17, 15) is 43.2 Å². The number of aliphatic hydroxyl groups excluding tert-OH is 2. The molecule has 1 fully saturated rings. The number of amides is 1. The molecule has 0 aliphatic heterocycles. The van der Waals surface area contributed by atoms with Gasteiger partial charge in [-0.1, -0.05) is 12.0 Å². The minimum atomic E-state index is -3.69. The fourth-order valence-corrected chi connectivity index (χ4v) is 6.25. The number of carbonyl (C=O) groups excluding carboxylic acids is 3. The third-order valence-electron chi connectivity index (χ3n) is 7.51. The van der Waals surface area contributed by atoms with Crippen molar-refractivity contribution in [3.05, 3.63) is 45.7 Å². The minimum Gasteiger partial charge on any atom is -0.508 e. The maximum Gasteiger partial charge on any atom is 0.255 e. The summed E-state index contributed by atoms with van der Waals surface area (Å²) in [4.78, 5) is 42.5. The van der Waals surface area contributed by atoms with Crippen LogP contribution in [0.3, 0.4) is 0 Å². The standard InChI is InChI=1S/C25H28N4O9S/c1-5-14(27-28-39(4,37)38)11-6-7-15(30)17-12(11)8-10-9-13-19(29(2)3)21(32)18(24(26)35)23(34)25(13,36)22(33)16(10)20(17)31/h1,6-7,10,13-14,19,27-28,30-31,34,36H,8-9H2,2-4H3,(H2,26,35)/t10-,13-,14?,19-,25-/m0/s1. The number of aromatic hydroxyl groups is 1. The number of phenols is 1. The van der Waals surface area contributed by atoms with Crippen LogP contribution in [-0.2, 0) is 30.8 Å². The second-order valence-electron chi connectivity index (χ2n) is 10.1. The smallest absolute Gasteiger partial charge is 0.255 e. The second-order valence-corrected chi connectivity index (χ2v) is 11.9. The molecule has 0 bridgehead atoms. The summed E-state index contributed by atoms with van der Waals surface area (Å²) in [6, 6.07) is 0.377. The number of carbonyl (C=O) groups is 3. The lowest BCUT2D eigenvalue weighted by Gasteiger charge is -2.50. The molecule has 208 valence electrons. The molecule has 0 aromatic heterocycles. The fourth-order valence-electron chi connectivity index (χ4n) is 5.91. The Morgan fingerprint density at radius 3 is 2.44 bits per heavy atom. The maximum absolute atomic E-state index is 13.8. The number of nitrogens with one attached hydrogen (secondary N) is 2. The number of hydrogen-bond donors (Lipinski definition) is 7. The number of phenolic OH excluding ortho intramolecular Hbond substituents is 1. The quantitative estimate of drug-likeness (QED) is 0.123. The number of hydrazine groups is 1. The third-order valence-corrected chi connectivity index (χ3v) is 8.00. The summed E-state index contributed by atoms with van der Waals surface area (Å²) in [5, 5.41) is 44.4. The zero-order chi connectivity index (χ0) is 29.2. The summed E-state index contributed by atoms with van der Waals surface area (Å²) in [7, 11) is -0.691. The van der Waals surface area contributed by atoms with E-state index < -0.39 is 79.9 Å². The first kappa shape index (κ1) is 28.3. The summed E-state index contributed by atoms with van der Waals surface area (Å²) in [5.74, 6) is -5.25. The molecule has 1 amide bonds. The van der Waals surface area contributed by atoms with E-state index in [1.54, 1.807) is 0 Å². The summed E-state index contributed by atoms with van der Waals surface area (Å²) in [6.07, 6.45) is 6.44. The Hall–Kier alpha value is -3.74. The van der Waals surface area contributed by atoms with Crippen LogP contribution in [0.4, 0.5) is 0 Å². The molecule has 1 saturated carbocycles. The van der Waals surface area contributed by atoms with Crippen LogP contribution in [0.15, 0.2) is 29.0 Å². The molecule has 5 atom stereocenters. The van der Waals surface area contributed by atoms with Crippen molar-refractivity contribution in [2.75, 3.05) is 20.4 Å². The molecule has 3 aliphatic rings. The van der Waals surface area contributed by atoms with E-state index in [2.05, 4.69) is 16.2 Å². The number of likely N-dealkylation sites (N-methyl/N-ethyl adjacent to an activating group) is 1. The van der Waals surface area contributed by atoms with E-state index in [-0.39, 0.29) is 24.0 Å². The number of sulfonamides is 1. The number of hydrogen-bond acceptors (Lipinski definition) is 11. The molecule has 0 spiro atoms. The van der Waals surface area contributed by atoms with Crippen LogP contribution in [0.25, 0.3) is 5.76 Å². The Morgan fingerprint density at radius 2 is 1.90 bits per heavy atom. The van der Waals surface area contributed by atoms with Crippen molar-refractivity contribution in [1.82, 2.24) is 15.2 Å². The maximum atomic E-state index is 13.8. The SMILES string of the molecule is C#CC(NNS(C)(=O)=O)c1ccc(O)c2c1C[C@H]1C[C@H]3[C@H](N(C)C)C(=O)C(C(N)=O)=C(O)[C@@]3(O)C(=O)C1=C2O. The van der Waals surface area contributed by atoms with E-state index in [0.29, 0.717) is 11.1 Å². The third kappa shape index (κ3) is 4.28. The van der Waals surface area contributed by atoms with Gasteiger partial charge in [0.2, 0.25) is 15.8 Å². The first-order valence-electron chi connectivity index (χ1n) is 11.7. The van der Waals surface area contributed by atoms with Crippen LogP contribution < -0.4 is 16.0 Å². The van der Waals surface area contributed by atoms with Gasteiger partial charge in [0.15, 0.2) is 11.4 Å². The monoisotopic (exact) mass is 560 g/mol. The van der Waals surface area contributed by atoms with Crippen molar-refractivity contribution in [2.45, 2.75) is 30.5 Å². The Labute approximate surface area is 224 Å². The van der Waals surface area contributed by atoms with Gasteiger partial charge in [-0.25, -0.2) is 13.8 Å². The number of rotatable bonds is 6. The number of terminal acetylenes is 1. The highest BCUT2D eigenvalue weighted by molar-refractivity contribution is 7.88. The van der Waals surface area contributed by atoms with Crippen molar-refractivity contribution in [2.24, 2.45) is 17.6 Å². The van der Waals surface area contributed by atoms with Crippen molar-refractivity contribution in [3.8, 4) is 18.1 Å². The van der Waals surface area contributed by atoms with Crippen molar-refractivity contribution >= 4 is 33.3 Å². The minimum absolute atomic E-state index is 0.00297. The number of primary amides is 1. The van der Waals surface area contributed by atoms with Gasteiger partial charge in [-0.3, -0.25) is 19.3 Å². The van der Waals surface area contributed by atoms with Gasteiger partial charge in [0.1, 0.15) is 28.9 Å². The van der Waals surface area contributed by atoms with Gasteiger partial charge >= 0.3 is 0 Å². The molecule has 0 radical (unpaired) electrons. The van der Waals surface area contributed by atoms with Gasteiger partial charge in [0.05, 0.1) is 17.9 Å². The Balaban J connectivity index is 1.92. The first-order valence-corrected chi connectivity index (χ1v) is 13.6. The molecule has 8 N–H and O–H groups in total. The number of Topliss-reactive ketones (excluding diaryl/α,β-unsaturated/α-hetero) is 2. The second kappa shape index (κ2) is 9.47. The highest BCUT2D eigenvalue weighted by Crippen LogP contribution is 2.53. The van der Waals surface area contributed by atoms with E-state index >= 15 is 0 Å². The van der Waals surface area contributed by atoms with Crippen LogP contribution in [-0.4, -0.2) is 83.2 Å². The van der Waals surface area contributed by atoms with Gasteiger partial charge in [0.25, 0.3) is 5.91 Å². The molecule has 1 aromatic rings. The lowest BCUT2D eigenvalue weighted by atomic mass is 9.57. The van der Waals surface area contributed by atoms with Crippen LogP contribution in [0, 0.1) is 24.2 Å². The zero-order valence-corrected chi connectivity index (χ0v) is 22.0. The van der Waals surface area contributed by atoms with Crippen molar-refractivity contribution < 1.29 is 43.2 Å². The van der Waals surface area contributed by atoms with Gasteiger partial charge in [-0.2, -0.15) is 4.83 Å². The number of ketones is 2. The van der Waals surface area contributed by atoms with Crippen LogP contribution in [0.2, 0.25) is 0 Å². The predicted octanol–water partition coefficient (Wildman–Crippen LogP) is -1.31. The average molecular weight is 561 g/mol. The Kier molecular flexibility index (Phi) is 6.87. The molecule has 1 unspecified atom stereocenters. The van der Waals surface area contributed by atoms with Gasteiger partial charge < -0.3 is 26.2 Å². The van der Waals surface area contributed by atoms with Crippen molar-refractivity contribution in [3.63, 3.8) is 0 Å². The normalized spacial score (nSPS) is 27.5. The molecular formula is C25H28N4O9S. The summed E-state index contributed by atoms with van der Waals surface area (Å²) >= 11 is 0. The van der Waals surface area contributed by atoms with Crippen LogP contribution >= 0.6 is 0 Å². The molecule has 3 aliphatic carbocycles. The summed E-state index contributed by atoms with van der Waals surface area (Å²) in [6.45, 7) is 0. The zero-order valence-electron chi connectivity index (χ0n) is 21.2. The molecule has 13 nitrogen and oxygen atoms in total. The first-order chi connectivity index (χ1) is 18.1. The van der Waals surface area contributed by atoms with E-state index in [1.165, 1.54) is 31.1 Å². The fraction of sp³-hybridized carbons (Fsp3) is 0.400. The molecule has 0 saturated heterocycles. The lowest BCUT2D eigenvalue weighted by molar-refractivity contribution is -0.153. The molecule has 4 rings (SSSR count). The summed E-state index contributed by atoms with van der Waals surface area (Å²) < 4.78 is 23.2. The highest BCUT2D eigenvalue weighted by Gasteiger charge is 2.64. The number of nitrogens with two attached hydrogens (primary N) is 1. The highest BCUT2D eigenvalue weighted by atomic mass is 32.2. The molecule has 1 aromatic carbocycles. The summed E-state index contributed by atoms with van der Waals surface area (Å²) in [5.41, 5.74) is 4.32. The predicted molar refractivity (Wildman–Crippen MR) is 137 cm³/mol. The van der Waals surface area contributed by atoms with Gasteiger partial charge in [-0.05, 0) is 50.0 Å². The van der Waals surface area contributed by atoms with Crippen LogP contribution in [0.5, 0.6) is 5.75 Å². The van der Waals surface area contributed by atoms with Gasteiger partial charge in [-0.15, -0.1) is 6.42 Å². The average Bonchev–Trinajstić information content (AvgIpc) is 2.81. The van der Waals surface area contributed by atoms with Crippen molar-refractivity contribution in [1.29, 1.82) is 0 Å². The number of aliphatic hydroxyl groups is 3. The lowest BCUT2D eigenvalue weighted by Crippen LogP contribution is -2.65. The number of fused-ring (bicyclic) bond motifs is 3. The number of nitrogens with zero attached hydrogens (tertiary/aromatic N) is 1. The number of benzene rings is 1. The molecular weight excluding hydrogens is 532 g/mol. The Bertz CT molecular complexity index is 1520. The Morgan fingerprint density at radius 1 is 1.26 bits per heavy atom. The molecule has 39 heavy (non-hydrogen) atoms. The van der Waals surface area contributed by atoms with Crippen LogP contribution in [0.1, 0.15) is 29.2 Å². The largest absolute Gasteiger partial charge is 0.508 e.